The Balaban J connectivity index is 3.97. The van der Waals surface area contributed by atoms with Crippen LogP contribution >= 0.6 is 0 Å². The maximum Gasteiger partial charge on any atom is 0.251 e. The normalized spacial score (nSPS) is 17.2. The second-order valence-electron chi connectivity index (χ2n) is 2.98. The van der Waals surface area contributed by atoms with Crippen LogP contribution in [0.5, 0.6) is 0 Å². The first-order valence-electron chi connectivity index (χ1n) is 4.45. The van der Waals surface area contributed by atoms with Crippen molar-refractivity contribution < 1.29 is 25.2 Å². The Bertz CT molecular complexity index is 175. The molecule has 0 heterocycles. The van der Waals surface area contributed by atoms with Crippen LogP contribution in [-0.4, -0.2) is 57.8 Å². The van der Waals surface area contributed by atoms with Gasteiger partial charge in [-0.05, 0) is 6.92 Å². The molecule has 0 radical (unpaired) electrons. The van der Waals surface area contributed by atoms with Gasteiger partial charge in [0.25, 0.3) is 5.91 Å². The molecule has 14 heavy (non-hydrogen) atoms. The van der Waals surface area contributed by atoms with Crippen molar-refractivity contribution in [3.8, 4) is 0 Å². The zero-order chi connectivity index (χ0) is 11.1. The lowest BCUT2D eigenvalue weighted by atomic mass is 10.1. The summed E-state index contributed by atoms with van der Waals surface area (Å²) in [7, 11) is 0. The molecule has 0 aromatic carbocycles. The summed E-state index contributed by atoms with van der Waals surface area (Å²) in [6.45, 7) is 1.52. The molecule has 0 aromatic heterocycles. The largest absolute Gasteiger partial charge is 0.394 e. The molecule has 2 unspecified atom stereocenters. The van der Waals surface area contributed by atoms with Crippen molar-refractivity contribution in [2.45, 2.75) is 31.7 Å². The Labute approximate surface area is 82.2 Å². The van der Waals surface area contributed by atoms with Gasteiger partial charge in [0, 0.05) is 13.0 Å². The minimum absolute atomic E-state index is 0.241. The summed E-state index contributed by atoms with van der Waals surface area (Å²) in [4.78, 5) is 11.0. The fourth-order valence-corrected chi connectivity index (χ4v) is 0.936. The number of carbonyl (C=O) groups is 1. The number of carbonyl (C=O) groups excluding carboxylic acids is 1. The number of rotatable bonds is 6. The van der Waals surface area contributed by atoms with Crippen molar-refractivity contribution in [3.63, 3.8) is 0 Å². The van der Waals surface area contributed by atoms with Crippen LogP contribution in [0.3, 0.4) is 0 Å². The van der Waals surface area contributed by atoms with E-state index < -0.39 is 30.8 Å². The van der Waals surface area contributed by atoms with Gasteiger partial charge in [-0.3, -0.25) is 4.79 Å². The molecule has 6 heteroatoms. The number of likely N-dealkylation sites (N-methyl/N-ethyl adjacent to an activating group) is 1. The molecule has 6 nitrogen and oxygen atoms in total. The smallest absolute Gasteiger partial charge is 0.251 e. The third-order valence-corrected chi connectivity index (χ3v) is 1.71. The van der Waals surface area contributed by atoms with Gasteiger partial charge in [0.2, 0.25) is 0 Å². The summed E-state index contributed by atoms with van der Waals surface area (Å²) in [5, 5.41) is 38.2. The zero-order valence-corrected chi connectivity index (χ0v) is 8.05. The molecule has 0 bridgehead atoms. The Morgan fingerprint density at radius 3 is 2.36 bits per heavy atom. The first-order chi connectivity index (χ1) is 6.52. The number of aliphatic hydroxyl groups excluding tert-OH is 4. The van der Waals surface area contributed by atoms with Crippen molar-refractivity contribution in [1.29, 1.82) is 0 Å². The van der Waals surface area contributed by atoms with E-state index in [0.29, 0.717) is 6.54 Å². The molecule has 3 atom stereocenters. The maximum absolute atomic E-state index is 11.0. The number of aliphatic hydroxyl groups is 4. The van der Waals surface area contributed by atoms with Gasteiger partial charge in [-0.25, -0.2) is 0 Å². The first-order valence-corrected chi connectivity index (χ1v) is 4.45. The van der Waals surface area contributed by atoms with E-state index in [1.807, 2.05) is 0 Å². The van der Waals surface area contributed by atoms with E-state index in [9.17, 15) is 15.0 Å². The molecule has 84 valence electrons. The molecule has 0 saturated heterocycles. The lowest BCUT2D eigenvalue weighted by Gasteiger charge is -2.18. The van der Waals surface area contributed by atoms with Gasteiger partial charge in [0.1, 0.15) is 0 Å². The molecule has 0 fully saturated rings. The number of hydrogen-bond acceptors (Lipinski definition) is 5. The van der Waals surface area contributed by atoms with Gasteiger partial charge < -0.3 is 25.7 Å². The van der Waals surface area contributed by atoms with Gasteiger partial charge in [-0.1, -0.05) is 0 Å². The van der Waals surface area contributed by atoms with Crippen LogP contribution in [0.1, 0.15) is 13.3 Å². The Hall–Kier alpha value is -0.690. The van der Waals surface area contributed by atoms with Crippen molar-refractivity contribution in [3.05, 3.63) is 0 Å². The quantitative estimate of drug-likeness (QED) is 0.333. The molecule has 0 aliphatic heterocycles. The molecule has 0 aromatic rings. The van der Waals surface area contributed by atoms with Crippen LogP contribution in [-0.2, 0) is 4.79 Å². The van der Waals surface area contributed by atoms with Crippen LogP contribution in [0.2, 0.25) is 0 Å². The first kappa shape index (κ1) is 13.3. The van der Waals surface area contributed by atoms with Crippen LogP contribution in [0.4, 0.5) is 0 Å². The number of amides is 1. The van der Waals surface area contributed by atoms with Crippen LogP contribution < -0.4 is 5.32 Å². The third kappa shape index (κ3) is 4.52. The summed E-state index contributed by atoms with van der Waals surface area (Å²) < 4.78 is 0. The van der Waals surface area contributed by atoms with E-state index in [4.69, 9.17) is 10.2 Å². The summed E-state index contributed by atoms with van der Waals surface area (Å²) >= 11 is 0. The van der Waals surface area contributed by atoms with E-state index >= 15 is 0 Å². The average molecular weight is 207 g/mol. The molecule has 0 rings (SSSR count). The average Bonchev–Trinajstić information content (AvgIpc) is 2.16. The molecule has 5 N–H and O–H groups in total. The van der Waals surface area contributed by atoms with E-state index in [2.05, 4.69) is 5.32 Å². The second kappa shape index (κ2) is 6.72. The van der Waals surface area contributed by atoms with Crippen molar-refractivity contribution in [2.24, 2.45) is 0 Å². The summed E-state index contributed by atoms with van der Waals surface area (Å²) in [5.41, 5.74) is 0. The molecule has 0 aliphatic carbocycles. The highest BCUT2D eigenvalue weighted by atomic mass is 16.3. The van der Waals surface area contributed by atoms with E-state index in [-0.39, 0.29) is 6.42 Å². The summed E-state index contributed by atoms with van der Waals surface area (Å²) in [6.07, 6.45) is -4.32. The fraction of sp³-hybridized carbons (Fsp3) is 0.875. The molecule has 0 spiro atoms. The standard InChI is InChI=1S/C8H17NO5/c1-2-9-8(14)7(13)6(12)3-5(11)4-10/h5-7,10-13H,2-4H2,1H3,(H,9,14)/t5?,6-,7?/m1/s1. The van der Waals surface area contributed by atoms with Gasteiger partial charge in [0.05, 0.1) is 18.8 Å². The highest BCUT2D eigenvalue weighted by Crippen LogP contribution is 2.03. The highest BCUT2D eigenvalue weighted by molar-refractivity contribution is 5.80. The maximum atomic E-state index is 11.0. The van der Waals surface area contributed by atoms with Crippen LogP contribution in [0.25, 0.3) is 0 Å². The van der Waals surface area contributed by atoms with Gasteiger partial charge in [0.15, 0.2) is 6.10 Å². The lowest BCUT2D eigenvalue weighted by molar-refractivity contribution is -0.136. The highest BCUT2D eigenvalue weighted by Gasteiger charge is 2.25. The third-order valence-electron chi connectivity index (χ3n) is 1.71. The molecular weight excluding hydrogens is 190 g/mol. The van der Waals surface area contributed by atoms with Crippen molar-refractivity contribution in [2.75, 3.05) is 13.2 Å². The number of hydrogen-bond donors (Lipinski definition) is 5. The fourth-order valence-electron chi connectivity index (χ4n) is 0.936. The molecule has 1 amide bonds. The number of nitrogens with one attached hydrogen (secondary N) is 1. The van der Waals surface area contributed by atoms with Crippen LogP contribution in [0.15, 0.2) is 0 Å². The lowest BCUT2D eigenvalue weighted by Crippen LogP contribution is -2.43. The Morgan fingerprint density at radius 2 is 1.93 bits per heavy atom. The molecule has 0 saturated carbocycles. The van der Waals surface area contributed by atoms with Crippen molar-refractivity contribution in [1.82, 2.24) is 5.32 Å². The van der Waals surface area contributed by atoms with E-state index in [0.717, 1.165) is 0 Å². The summed E-state index contributed by atoms with van der Waals surface area (Å²) in [6, 6.07) is 0. The van der Waals surface area contributed by atoms with Gasteiger partial charge >= 0.3 is 0 Å². The molecular formula is C8H17NO5. The predicted molar refractivity (Wildman–Crippen MR) is 48.4 cm³/mol. The molecule has 0 aliphatic rings. The zero-order valence-electron chi connectivity index (χ0n) is 8.05. The van der Waals surface area contributed by atoms with Gasteiger partial charge in [-0.15, -0.1) is 0 Å². The Morgan fingerprint density at radius 1 is 1.36 bits per heavy atom. The summed E-state index contributed by atoms with van der Waals surface area (Å²) in [5.74, 6) is -0.690. The predicted octanol–water partition coefficient (Wildman–Crippen LogP) is -2.41. The monoisotopic (exact) mass is 207 g/mol. The second-order valence-corrected chi connectivity index (χ2v) is 2.98. The van der Waals surface area contributed by atoms with Gasteiger partial charge in [-0.2, -0.15) is 0 Å². The Kier molecular flexibility index (Phi) is 6.39. The topological polar surface area (TPSA) is 110 Å². The minimum Gasteiger partial charge on any atom is -0.394 e. The van der Waals surface area contributed by atoms with E-state index in [1.165, 1.54) is 0 Å². The SMILES string of the molecule is CCNC(=O)C(O)[C@H](O)CC(O)CO. The van der Waals surface area contributed by atoms with E-state index in [1.54, 1.807) is 6.92 Å². The van der Waals surface area contributed by atoms with Crippen LogP contribution in [0, 0.1) is 0 Å². The minimum atomic E-state index is -1.57. The van der Waals surface area contributed by atoms with Crippen molar-refractivity contribution >= 4 is 5.91 Å².